The quantitative estimate of drug-likeness (QED) is 0.610. The van der Waals surface area contributed by atoms with Crippen molar-refractivity contribution in [3.05, 3.63) is 46.6 Å². The van der Waals surface area contributed by atoms with Crippen molar-refractivity contribution in [3.63, 3.8) is 0 Å². The summed E-state index contributed by atoms with van der Waals surface area (Å²) in [6.45, 7) is 6.55. The Bertz CT molecular complexity index is 978. The lowest BCUT2D eigenvalue weighted by Crippen LogP contribution is -2.43. The van der Waals surface area contributed by atoms with Crippen LogP contribution in [0.15, 0.2) is 30.5 Å². The van der Waals surface area contributed by atoms with Crippen LogP contribution in [0.4, 0.5) is 11.4 Å². The van der Waals surface area contributed by atoms with Crippen LogP contribution < -0.4 is 21.3 Å². The molecule has 0 atom stereocenters. The van der Waals surface area contributed by atoms with Crippen LogP contribution in [0.1, 0.15) is 20.9 Å². The number of carbonyl (C=O) groups is 1. The number of aryl methyl sites for hydroxylation is 1. The number of hydrogen-bond donors (Lipinski definition) is 3. The Kier molecular flexibility index (Phi) is 5.40. The summed E-state index contributed by atoms with van der Waals surface area (Å²) < 4.78 is 0. The molecule has 0 spiro atoms. The summed E-state index contributed by atoms with van der Waals surface area (Å²) in [6.07, 6.45) is 2.44. The van der Waals surface area contributed by atoms with E-state index < -0.39 is 0 Å². The van der Waals surface area contributed by atoms with Crippen LogP contribution in [0.2, 0.25) is 0 Å². The molecule has 1 aromatic carbocycles. The van der Waals surface area contributed by atoms with Crippen molar-refractivity contribution in [2.75, 3.05) is 43.4 Å². The Morgan fingerprint density at radius 2 is 2.04 bits per heavy atom. The highest BCUT2D eigenvalue weighted by molar-refractivity contribution is 7.21. The maximum atomic E-state index is 12.5. The van der Waals surface area contributed by atoms with Gasteiger partial charge in [0.25, 0.3) is 5.91 Å². The van der Waals surface area contributed by atoms with Crippen LogP contribution in [-0.2, 0) is 6.42 Å². The van der Waals surface area contributed by atoms with Gasteiger partial charge in [-0.1, -0.05) is 12.1 Å². The molecule has 1 aliphatic heterocycles. The summed E-state index contributed by atoms with van der Waals surface area (Å²) in [7, 11) is 0. The van der Waals surface area contributed by atoms with Gasteiger partial charge < -0.3 is 21.3 Å². The van der Waals surface area contributed by atoms with E-state index in [1.54, 1.807) is 6.20 Å². The van der Waals surface area contributed by atoms with Crippen LogP contribution in [-0.4, -0.2) is 48.6 Å². The molecule has 0 saturated carbocycles. The number of nitrogen functional groups attached to an aromatic ring is 1. The molecule has 4 rings (SSSR count). The number of nitrogens with zero attached hydrogens (tertiary/aromatic N) is 3. The van der Waals surface area contributed by atoms with E-state index in [9.17, 15) is 4.79 Å². The maximum Gasteiger partial charge on any atom is 0.263 e. The number of benzene rings is 1. The van der Waals surface area contributed by atoms with Crippen molar-refractivity contribution in [2.45, 2.75) is 13.3 Å². The van der Waals surface area contributed by atoms with Crippen molar-refractivity contribution < 1.29 is 4.79 Å². The monoisotopic (exact) mass is 396 g/mol. The minimum Gasteiger partial charge on any atom is -0.396 e. The lowest BCUT2D eigenvalue weighted by atomic mass is 10.1. The minimum absolute atomic E-state index is 0.169. The summed E-state index contributed by atoms with van der Waals surface area (Å²) >= 11 is 1.29. The Labute approximate surface area is 168 Å². The Morgan fingerprint density at radius 1 is 1.29 bits per heavy atom. The van der Waals surface area contributed by atoms with Crippen molar-refractivity contribution >= 4 is 39.0 Å². The molecule has 1 amide bonds. The highest BCUT2D eigenvalue weighted by Gasteiger charge is 2.18. The molecule has 0 bridgehead atoms. The highest BCUT2D eigenvalue weighted by atomic mass is 32.1. The maximum absolute atomic E-state index is 12.5. The van der Waals surface area contributed by atoms with Crippen LogP contribution in [0, 0.1) is 6.92 Å². The van der Waals surface area contributed by atoms with Gasteiger partial charge in [-0.25, -0.2) is 9.97 Å². The van der Waals surface area contributed by atoms with Crippen molar-refractivity contribution in [1.82, 2.24) is 20.6 Å². The standard InChI is InChI=1S/C20H24N6OS/c1-13-12-24-17-16(21)18(28-20(17)25-13)19(27)23-7-6-14-2-4-15(5-3-14)26-10-8-22-9-11-26/h2-5,12,22H,6-11,21H2,1H3,(H,23,27). The predicted octanol–water partition coefficient (Wildman–Crippen LogP) is 1.96. The van der Waals surface area contributed by atoms with Gasteiger partial charge in [0, 0.05) is 44.6 Å². The number of nitrogens with two attached hydrogens (primary N) is 1. The van der Waals surface area contributed by atoms with Gasteiger partial charge in [0.15, 0.2) is 0 Å². The van der Waals surface area contributed by atoms with E-state index in [1.807, 2.05) is 6.92 Å². The summed E-state index contributed by atoms with van der Waals surface area (Å²) in [4.78, 5) is 24.8. The zero-order valence-electron chi connectivity index (χ0n) is 15.9. The third kappa shape index (κ3) is 3.93. The van der Waals surface area contributed by atoms with E-state index in [1.165, 1.54) is 22.6 Å². The molecule has 1 saturated heterocycles. The Hall–Kier alpha value is -2.71. The average Bonchev–Trinajstić information content (AvgIpc) is 3.05. The number of fused-ring (bicyclic) bond motifs is 1. The van der Waals surface area contributed by atoms with E-state index in [-0.39, 0.29) is 5.91 Å². The van der Waals surface area contributed by atoms with E-state index in [2.05, 4.69) is 49.8 Å². The number of hydrogen-bond acceptors (Lipinski definition) is 7. The van der Waals surface area contributed by atoms with Crippen LogP contribution in [0.5, 0.6) is 0 Å². The third-order valence-electron chi connectivity index (χ3n) is 4.88. The molecule has 1 aliphatic rings. The molecule has 146 valence electrons. The molecule has 0 radical (unpaired) electrons. The predicted molar refractivity (Wildman–Crippen MR) is 114 cm³/mol. The van der Waals surface area contributed by atoms with Crippen LogP contribution in [0.25, 0.3) is 10.3 Å². The summed E-state index contributed by atoms with van der Waals surface area (Å²) in [5, 5.41) is 6.32. The molecule has 8 heteroatoms. The smallest absolute Gasteiger partial charge is 0.263 e. The summed E-state index contributed by atoms with van der Waals surface area (Å²) in [6, 6.07) is 8.58. The number of aromatic nitrogens is 2. The molecule has 3 heterocycles. The molecule has 28 heavy (non-hydrogen) atoms. The third-order valence-corrected chi connectivity index (χ3v) is 5.97. The number of thiophene rings is 1. The molecular weight excluding hydrogens is 372 g/mol. The van der Waals surface area contributed by atoms with Crippen LogP contribution in [0.3, 0.4) is 0 Å². The summed E-state index contributed by atoms with van der Waals surface area (Å²) in [5.74, 6) is -0.169. The average molecular weight is 397 g/mol. The molecule has 0 unspecified atom stereocenters. The van der Waals surface area contributed by atoms with Gasteiger partial charge in [-0.3, -0.25) is 4.79 Å². The fourth-order valence-corrected chi connectivity index (χ4v) is 4.35. The molecule has 0 aliphatic carbocycles. The van der Waals surface area contributed by atoms with Crippen molar-refractivity contribution in [2.24, 2.45) is 0 Å². The van der Waals surface area contributed by atoms with Gasteiger partial charge >= 0.3 is 0 Å². The van der Waals surface area contributed by atoms with Gasteiger partial charge in [0.2, 0.25) is 0 Å². The number of anilines is 2. The topological polar surface area (TPSA) is 96.2 Å². The summed E-state index contributed by atoms with van der Waals surface area (Å²) in [5.41, 5.74) is 10.4. The van der Waals surface area contributed by atoms with E-state index in [4.69, 9.17) is 5.73 Å². The zero-order chi connectivity index (χ0) is 19.5. The first-order chi connectivity index (χ1) is 13.6. The van der Waals surface area contributed by atoms with E-state index in [0.717, 1.165) is 38.3 Å². The first-order valence-electron chi connectivity index (χ1n) is 9.46. The molecule has 7 nitrogen and oxygen atoms in total. The van der Waals surface area contributed by atoms with Gasteiger partial charge in [-0.15, -0.1) is 11.3 Å². The molecule has 1 fully saturated rings. The van der Waals surface area contributed by atoms with Gasteiger partial charge in [-0.2, -0.15) is 0 Å². The van der Waals surface area contributed by atoms with Crippen molar-refractivity contribution in [1.29, 1.82) is 0 Å². The fourth-order valence-electron chi connectivity index (χ4n) is 3.34. The largest absolute Gasteiger partial charge is 0.396 e. The Balaban J connectivity index is 1.34. The molecule has 4 N–H and O–H groups in total. The Morgan fingerprint density at radius 3 is 2.79 bits per heavy atom. The van der Waals surface area contributed by atoms with Gasteiger partial charge in [-0.05, 0) is 31.0 Å². The second-order valence-electron chi connectivity index (χ2n) is 6.92. The van der Waals surface area contributed by atoms with Crippen molar-refractivity contribution in [3.8, 4) is 0 Å². The van der Waals surface area contributed by atoms with Crippen LogP contribution >= 0.6 is 11.3 Å². The number of nitrogens with one attached hydrogen (secondary N) is 2. The second kappa shape index (κ2) is 8.12. The minimum atomic E-state index is -0.169. The number of amides is 1. The lowest BCUT2D eigenvalue weighted by molar-refractivity contribution is 0.0959. The number of piperazine rings is 1. The normalized spacial score (nSPS) is 14.4. The highest BCUT2D eigenvalue weighted by Crippen LogP contribution is 2.30. The first-order valence-corrected chi connectivity index (χ1v) is 10.3. The fraction of sp³-hybridized carbons (Fsp3) is 0.350. The SMILES string of the molecule is Cc1cnc2c(N)c(C(=O)NCCc3ccc(N4CCNCC4)cc3)sc2n1. The van der Waals surface area contributed by atoms with E-state index >= 15 is 0 Å². The second-order valence-corrected chi connectivity index (χ2v) is 7.92. The molecule has 2 aromatic heterocycles. The first kappa shape index (κ1) is 18.6. The molecule has 3 aromatic rings. The van der Waals surface area contributed by atoms with Gasteiger partial charge in [0.05, 0.1) is 11.4 Å². The number of carbonyl (C=O) groups excluding carboxylic acids is 1. The zero-order valence-corrected chi connectivity index (χ0v) is 16.7. The lowest BCUT2D eigenvalue weighted by Gasteiger charge is -2.29. The van der Waals surface area contributed by atoms with Gasteiger partial charge in [0.1, 0.15) is 15.2 Å². The van der Waals surface area contributed by atoms with E-state index in [0.29, 0.717) is 27.5 Å². The molecular formula is C20H24N6OS. The number of rotatable bonds is 5.